The molecule has 53 heavy (non-hydrogen) atoms. The minimum atomic E-state index is 0.877. The van der Waals surface area contributed by atoms with Crippen molar-refractivity contribution in [2.75, 3.05) is 4.90 Å². The molecule has 0 aliphatic heterocycles. The van der Waals surface area contributed by atoms with E-state index in [4.69, 9.17) is 8.83 Å². The average Bonchev–Trinajstić information content (AvgIpc) is 3.81. The van der Waals surface area contributed by atoms with Crippen molar-refractivity contribution in [2.24, 2.45) is 0 Å². The third-order valence-corrected chi connectivity index (χ3v) is 10.6. The summed E-state index contributed by atoms with van der Waals surface area (Å²) >= 11 is 0. The van der Waals surface area contributed by atoms with Crippen LogP contribution in [0.1, 0.15) is 0 Å². The zero-order valence-corrected chi connectivity index (χ0v) is 28.7. The lowest BCUT2D eigenvalue weighted by Crippen LogP contribution is -2.11. The molecule has 2 heterocycles. The zero-order chi connectivity index (χ0) is 34.9. The maximum Gasteiger partial charge on any atom is 0.145 e. The van der Waals surface area contributed by atoms with E-state index in [0.717, 1.165) is 88.6 Å². The highest BCUT2D eigenvalue weighted by molar-refractivity contribution is 6.31. The molecular formula is C50H31NO2. The summed E-state index contributed by atoms with van der Waals surface area (Å²) < 4.78 is 13.4. The van der Waals surface area contributed by atoms with Gasteiger partial charge in [-0.1, -0.05) is 133 Å². The molecule has 3 heteroatoms. The summed E-state index contributed by atoms with van der Waals surface area (Å²) in [5.41, 5.74) is 11.1. The van der Waals surface area contributed by atoms with Crippen LogP contribution in [0.15, 0.2) is 197 Å². The van der Waals surface area contributed by atoms with Gasteiger partial charge in [0.1, 0.15) is 22.3 Å². The normalized spacial score (nSPS) is 11.8. The molecular weight excluding hydrogens is 647 g/mol. The van der Waals surface area contributed by atoms with E-state index < -0.39 is 0 Å². The topological polar surface area (TPSA) is 29.5 Å². The molecule has 3 nitrogen and oxygen atoms in total. The number of rotatable bonds is 5. The highest BCUT2D eigenvalue weighted by Gasteiger charge is 2.24. The summed E-state index contributed by atoms with van der Waals surface area (Å²) in [4.78, 5) is 2.34. The molecule has 0 aliphatic carbocycles. The number of hydrogen-bond donors (Lipinski definition) is 0. The minimum absolute atomic E-state index is 0.877. The molecule has 0 bridgehead atoms. The van der Waals surface area contributed by atoms with Gasteiger partial charge in [0.25, 0.3) is 0 Å². The number of anilines is 3. The molecule has 11 aromatic rings. The van der Waals surface area contributed by atoms with E-state index in [9.17, 15) is 0 Å². The van der Waals surface area contributed by atoms with Gasteiger partial charge in [0, 0.05) is 43.9 Å². The van der Waals surface area contributed by atoms with Gasteiger partial charge in [-0.05, 0) is 87.4 Å². The van der Waals surface area contributed by atoms with Gasteiger partial charge < -0.3 is 13.7 Å². The van der Waals surface area contributed by atoms with Crippen molar-refractivity contribution >= 4 is 82.5 Å². The Morgan fingerprint density at radius 1 is 0.321 bits per heavy atom. The van der Waals surface area contributed by atoms with Gasteiger partial charge >= 0.3 is 0 Å². The Morgan fingerprint density at radius 2 is 0.887 bits per heavy atom. The lowest BCUT2D eigenvalue weighted by Gasteiger charge is -2.28. The molecule has 0 amide bonds. The molecule has 0 unspecified atom stereocenters. The summed E-state index contributed by atoms with van der Waals surface area (Å²) in [6.07, 6.45) is 0. The van der Waals surface area contributed by atoms with Crippen LogP contribution < -0.4 is 4.90 Å². The third-order valence-electron chi connectivity index (χ3n) is 10.6. The van der Waals surface area contributed by atoms with Crippen LogP contribution in [0, 0.1) is 0 Å². The Hall–Kier alpha value is -7.10. The van der Waals surface area contributed by atoms with Gasteiger partial charge in [-0.25, -0.2) is 0 Å². The second-order valence-corrected chi connectivity index (χ2v) is 13.6. The van der Waals surface area contributed by atoms with Gasteiger partial charge in [-0.3, -0.25) is 0 Å². The molecule has 248 valence electrons. The predicted octanol–water partition coefficient (Wildman–Crippen LogP) is 14.6. The van der Waals surface area contributed by atoms with Crippen molar-refractivity contribution in [2.45, 2.75) is 0 Å². The molecule has 11 rings (SSSR count). The van der Waals surface area contributed by atoms with Crippen LogP contribution in [0.4, 0.5) is 17.1 Å². The first-order valence-electron chi connectivity index (χ1n) is 18.0. The lowest BCUT2D eigenvalue weighted by molar-refractivity contribution is 0.669. The highest BCUT2D eigenvalue weighted by atomic mass is 16.3. The van der Waals surface area contributed by atoms with E-state index in [1.807, 2.05) is 12.1 Å². The second kappa shape index (κ2) is 11.7. The SMILES string of the molecule is c1ccc(-c2c(N(c3ccccc3)c3ccc(-c4ccc5c(c4)oc4ccccc45)cc3)ccc3c2oc2c4ccccc4c4ccccc4c32)cc1. The monoisotopic (exact) mass is 677 g/mol. The number of fused-ring (bicyclic) bond motifs is 11. The summed E-state index contributed by atoms with van der Waals surface area (Å²) in [6.45, 7) is 0. The summed E-state index contributed by atoms with van der Waals surface area (Å²) in [5.74, 6) is 0. The molecule has 0 radical (unpaired) electrons. The smallest absolute Gasteiger partial charge is 0.145 e. The van der Waals surface area contributed by atoms with Crippen molar-refractivity contribution in [3.8, 4) is 22.3 Å². The zero-order valence-electron chi connectivity index (χ0n) is 28.7. The minimum Gasteiger partial charge on any atom is -0.456 e. The van der Waals surface area contributed by atoms with Crippen LogP contribution in [-0.2, 0) is 0 Å². The van der Waals surface area contributed by atoms with E-state index in [-0.39, 0.29) is 0 Å². The fraction of sp³-hybridized carbons (Fsp3) is 0. The first-order valence-corrected chi connectivity index (χ1v) is 18.0. The van der Waals surface area contributed by atoms with Gasteiger partial charge in [-0.2, -0.15) is 0 Å². The molecule has 0 fully saturated rings. The first kappa shape index (κ1) is 29.6. The van der Waals surface area contributed by atoms with Gasteiger partial charge in [0.2, 0.25) is 0 Å². The van der Waals surface area contributed by atoms with Crippen LogP contribution >= 0.6 is 0 Å². The van der Waals surface area contributed by atoms with E-state index in [2.05, 4.69) is 181 Å². The number of benzene rings is 9. The molecule has 2 aromatic heterocycles. The second-order valence-electron chi connectivity index (χ2n) is 13.6. The fourth-order valence-electron chi connectivity index (χ4n) is 8.24. The Kier molecular flexibility index (Phi) is 6.55. The fourth-order valence-corrected chi connectivity index (χ4v) is 8.24. The molecule has 0 aliphatic rings. The van der Waals surface area contributed by atoms with Gasteiger partial charge in [-0.15, -0.1) is 0 Å². The Labute approximate surface area is 305 Å². The van der Waals surface area contributed by atoms with Gasteiger partial charge in [0.15, 0.2) is 0 Å². The van der Waals surface area contributed by atoms with Crippen molar-refractivity contribution in [1.29, 1.82) is 0 Å². The molecule has 0 atom stereocenters. The van der Waals surface area contributed by atoms with Gasteiger partial charge in [0.05, 0.1) is 5.69 Å². The van der Waals surface area contributed by atoms with E-state index in [0.29, 0.717) is 0 Å². The molecule has 0 saturated carbocycles. The van der Waals surface area contributed by atoms with Crippen LogP contribution in [0.25, 0.3) is 87.7 Å². The average molecular weight is 678 g/mol. The summed E-state index contributed by atoms with van der Waals surface area (Å²) in [5, 5.41) is 9.27. The van der Waals surface area contributed by atoms with E-state index in [1.165, 1.54) is 16.2 Å². The Balaban J connectivity index is 1.14. The number of furan rings is 2. The first-order chi connectivity index (χ1) is 26.3. The summed E-state index contributed by atoms with van der Waals surface area (Å²) in [6, 6.07) is 66.6. The van der Waals surface area contributed by atoms with Crippen molar-refractivity contribution in [3.63, 3.8) is 0 Å². The predicted molar refractivity (Wildman–Crippen MR) is 222 cm³/mol. The maximum atomic E-state index is 7.12. The van der Waals surface area contributed by atoms with E-state index in [1.54, 1.807) is 0 Å². The largest absolute Gasteiger partial charge is 0.456 e. The van der Waals surface area contributed by atoms with Crippen molar-refractivity contribution < 1.29 is 8.83 Å². The van der Waals surface area contributed by atoms with Crippen molar-refractivity contribution in [3.05, 3.63) is 188 Å². The van der Waals surface area contributed by atoms with Crippen LogP contribution in [-0.4, -0.2) is 0 Å². The number of nitrogens with zero attached hydrogens (tertiary/aromatic N) is 1. The number of para-hydroxylation sites is 2. The molecule has 9 aromatic carbocycles. The van der Waals surface area contributed by atoms with Crippen LogP contribution in [0.5, 0.6) is 0 Å². The van der Waals surface area contributed by atoms with Crippen LogP contribution in [0.3, 0.4) is 0 Å². The summed E-state index contributed by atoms with van der Waals surface area (Å²) in [7, 11) is 0. The quantitative estimate of drug-likeness (QED) is 0.170. The van der Waals surface area contributed by atoms with E-state index >= 15 is 0 Å². The Bertz CT molecular complexity index is 3160. The maximum absolute atomic E-state index is 7.12. The van der Waals surface area contributed by atoms with Crippen LogP contribution in [0.2, 0.25) is 0 Å². The highest BCUT2D eigenvalue weighted by Crippen LogP contribution is 2.49. The number of hydrogen-bond acceptors (Lipinski definition) is 3. The Morgan fingerprint density at radius 3 is 1.66 bits per heavy atom. The third kappa shape index (κ3) is 4.61. The van der Waals surface area contributed by atoms with Crippen molar-refractivity contribution in [1.82, 2.24) is 0 Å². The lowest BCUT2D eigenvalue weighted by atomic mass is 9.95. The molecule has 0 N–H and O–H groups in total. The standard InChI is InChI=1S/C50H31NO2/c1-3-13-33(14-4-1)47-44(30-29-43-48-41-20-9-7-17-37(41)38-18-8-10-21-42(38)49(48)53-50(43)47)51(35-15-5-2-6-16-35)36-26-23-32(24-27-36)34-25-28-40-39-19-11-12-22-45(39)52-46(40)31-34/h1-31H. The molecule has 0 spiro atoms. The molecule has 0 saturated heterocycles.